The molecule has 0 aliphatic carbocycles. The molecule has 1 aromatic heterocycles. The molecule has 1 aliphatic rings. The summed E-state index contributed by atoms with van der Waals surface area (Å²) in [5, 5.41) is 12.4. The van der Waals surface area contributed by atoms with Crippen LogP contribution in [-0.2, 0) is 0 Å². The van der Waals surface area contributed by atoms with E-state index in [4.69, 9.17) is 9.52 Å². The molecule has 0 saturated carbocycles. The molecule has 0 amide bonds. The van der Waals surface area contributed by atoms with Gasteiger partial charge in [-0.1, -0.05) is 0 Å². The quantitative estimate of drug-likeness (QED) is 0.688. The number of aliphatic hydroxyl groups excluding tert-OH is 1. The van der Waals surface area contributed by atoms with E-state index in [1.54, 1.807) is 6.26 Å². The third-order valence-corrected chi connectivity index (χ3v) is 2.44. The van der Waals surface area contributed by atoms with E-state index in [9.17, 15) is 0 Å². The van der Waals surface area contributed by atoms with Crippen molar-refractivity contribution in [2.24, 2.45) is 5.92 Å². The van der Waals surface area contributed by atoms with Gasteiger partial charge < -0.3 is 14.8 Å². The van der Waals surface area contributed by atoms with Gasteiger partial charge in [-0.2, -0.15) is 0 Å². The Bertz CT molecular complexity index is 233. The third-order valence-electron chi connectivity index (χ3n) is 2.44. The summed E-state index contributed by atoms with van der Waals surface area (Å²) in [5.41, 5.74) is 0. The second kappa shape index (κ2) is 3.29. The molecule has 0 bridgehead atoms. The SMILES string of the molecule is OC[C@@H]1CCN[C@@H]1c1ccco1. The Kier molecular flexibility index (Phi) is 2.15. The minimum Gasteiger partial charge on any atom is -0.468 e. The van der Waals surface area contributed by atoms with E-state index < -0.39 is 0 Å². The van der Waals surface area contributed by atoms with Crippen LogP contribution in [0.1, 0.15) is 18.2 Å². The highest BCUT2D eigenvalue weighted by Gasteiger charge is 2.29. The van der Waals surface area contributed by atoms with Crippen molar-refractivity contribution in [2.75, 3.05) is 13.2 Å². The van der Waals surface area contributed by atoms with Crippen LogP contribution in [0.15, 0.2) is 22.8 Å². The first-order valence-electron chi connectivity index (χ1n) is 4.29. The first-order chi connectivity index (χ1) is 5.92. The standard InChI is InChI=1S/C9H13NO2/c11-6-7-3-4-10-9(7)8-2-1-5-12-8/h1-2,5,7,9-11H,3-4,6H2/t7-,9-/m0/s1. The van der Waals surface area contributed by atoms with Crippen molar-refractivity contribution in [1.82, 2.24) is 5.32 Å². The summed E-state index contributed by atoms with van der Waals surface area (Å²) in [5.74, 6) is 1.25. The Hall–Kier alpha value is -0.800. The Labute approximate surface area is 71.4 Å². The minimum atomic E-state index is 0.213. The summed E-state index contributed by atoms with van der Waals surface area (Å²) in [7, 11) is 0. The number of nitrogens with one attached hydrogen (secondary N) is 1. The van der Waals surface area contributed by atoms with Crippen LogP contribution >= 0.6 is 0 Å². The van der Waals surface area contributed by atoms with Crippen LogP contribution in [0.4, 0.5) is 0 Å². The smallest absolute Gasteiger partial charge is 0.121 e. The van der Waals surface area contributed by atoms with E-state index >= 15 is 0 Å². The van der Waals surface area contributed by atoms with Crippen LogP contribution in [0.5, 0.6) is 0 Å². The van der Waals surface area contributed by atoms with Crippen LogP contribution in [0.2, 0.25) is 0 Å². The molecule has 1 fully saturated rings. The molecule has 1 aromatic rings. The molecule has 0 aromatic carbocycles. The molecule has 2 atom stereocenters. The molecule has 2 rings (SSSR count). The van der Waals surface area contributed by atoms with Gasteiger partial charge in [0.05, 0.1) is 12.3 Å². The molecule has 1 saturated heterocycles. The molecule has 0 spiro atoms. The van der Waals surface area contributed by atoms with Crippen molar-refractivity contribution < 1.29 is 9.52 Å². The summed E-state index contributed by atoms with van der Waals surface area (Å²) in [6.45, 7) is 1.20. The molecular formula is C9H13NO2. The van der Waals surface area contributed by atoms with Crippen LogP contribution in [0.3, 0.4) is 0 Å². The lowest BCUT2D eigenvalue weighted by Gasteiger charge is -2.13. The number of rotatable bonds is 2. The molecule has 0 radical (unpaired) electrons. The van der Waals surface area contributed by atoms with Gasteiger partial charge in [0.1, 0.15) is 5.76 Å². The lowest BCUT2D eigenvalue weighted by Crippen LogP contribution is -2.19. The van der Waals surface area contributed by atoms with Crippen molar-refractivity contribution in [3.63, 3.8) is 0 Å². The summed E-state index contributed by atoms with van der Waals surface area (Å²) in [4.78, 5) is 0. The summed E-state index contributed by atoms with van der Waals surface area (Å²) in [6.07, 6.45) is 2.70. The van der Waals surface area contributed by atoms with E-state index in [0.29, 0.717) is 5.92 Å². The predicted molar refractivity (Wildman–Crippen MR) is 44.6 cm³/mol. The lowest BCUT2D eigenvalue weighted by molar-refractivity contribution is 0.205. The highest BCUT2D eigenvalue weighted by molar-refractivity contribution is 5.07. The van der Waals surface area contributed by atoms with Crippen molar-refractivity contribution in [3.8, 4) is 0 Å². The van der Waals surface area contributed by atoms with Gasteiger partial charge in [-0.25, -0.2) is 0 Å². The first kappa shape index (κ1) is 7.83. The second-order valence-corrected chi connectivity index (χ2v) is 3.18. The maximum absolute atomic E-state index is 9.05. The van der Waals surface area contributed by atoms with E-state index in [2.05, 4.69) is 5.32 Å². The molecule has 66 valence electrons. The van der Waals surface area contributed by atoms with Crippen LogP contribution in [0.25, 0.3) is 0 Å². The number of hydrogen-bond acceptors (Lipinski definition) is 3. The zero-order valence-electron chi connectivity index (χ0n) is 6.86. The molecule has 0 unspecified atom stereocenters. The number of furan rings is 1. The Morgan fingerprint density at radius 2 is 2.58 bits per heavy atom. The van der Waals surface area contributed by atoms with Gasteiger partial charge in [-0.15, -0.1) is 0 Å². The molecule has 1 aliphatic heterocycles. The molecule has 3 heteroatoms. The van der Waals surface area contributed by atoms with Crippen LogP contribution < -0.4 is 5.32 Å². The summed E-state index contributed by atoms with van der Waals surface area (Å²) >= 11 is 0. The van der Waals surface area contributed by atoms with Crippen LogP contribution in [-0.4, -0.2) is 18.3 Å². The average molecular weight is 167 g/mol. The fraction of sp³-hybridized carbons (Fsp3) is 0.556. The monoisotopic (exact) mass is 167 g/mol. The van der Waals surface area contributed by atoms with Gasteiger partial charge in [-0.05, 0) is 25.1 Å². The van der Waals surface area contributed by atoms with Crippen molar-refractivity contribution in [1.29, 1.82) is 0 Å². The molecular weight excluding hydrogens is 154 g/mol. The lowest BCUT2D eigenvalue weighted by atomic mass is 10.0. The van der Waals surface area contributed by atoms with Crippen LogP contribution in [0, 0.1) is 5.92 Å². The van der Waals surface area contributed by atoms with E-state index in [-0.39, 0.29) is 12.6 Å². The molecule has 12 heavy (non-hydrogen) atoms. The highest BCUT2D eigenvalue weighted by Crippen LogP contribution is 2.28. The number of hydrogen-bond donors (Lipinski definition) is 2. The Balaban J connectivity index is 2.13. The van der Waals surface area contributed by atoms with Gasteiger partial charge in [0.2, 0.25) is 0 Å². The van der Waals surface area contributed by atoms with Gasteiger partial charge in [0, 0.05) is 12.5 Å². The fourth-order valence-electron chi connectivity index (χ4n) is 1.76. The molecule has 2 heterocycles. The van der Waals surface area contributed by atoms with Gasteiger partial charge >= 0.3 is 0 Å². The highest BCUT2D eigenvalue weighted by atomic mass is 16.3. The van der Waals surface area contributed by atoms with E-state index in [1.165, 1.54) is 0 Å². The Morgan fingerprint density at radius 3 is 3.25 bits per heavy atom. The maximum Gasteiger partial charge on any atom is 0.121 e. The second-order valence-electron chi connectivity index (χ2n) is 3.18. The minimum absolute atomic E-state index is 0.213. The van der Waals surface area contributed by atoms with Gasteiger partial charge in [-0.3, -0.25) is 0 Å². The van der Waals surface area contributed by atoms with Crippen molar-refractivity contribution >= 4 is 0 Å². The number of aliphatic hydroxyl groups is 1. The van der Waals surface area contributed by atoms with E-state index in [1.807, 2.05) is 12.1 Å². The average Bonchev–Trinajstić information content (AvgIpc) is 2.74. The largest absolute Gasteiger partial charge is 0.468 e. The predicted octanol–water partition coefficient (Wildman–Crippen LogP) is 0.923. The van der Waals surface area contributed by atoms with E-state index in [0.717, 1.165) is 18.7 Å². The maximum atomic E-state index is 9.05. The van der Waals surface area contributed by atoms with Crippen molar-refractivity contribution in [2.45, 2.75) is 12.5 Å². The zero-order valence-corrected chi connectivity index (χ0v) is 6.86. The topological polar surface area (TPSA) is 45.4 Å². The zero-order chi connectivity index (χ0) is 8.39. The molecule has 3 nitrogen and oxygen atoms in total. The normalized spacial score (nSPS) is 29.4. The van der Waals surface area contributed by atoms with Gasteiger partial charge in [0.25, 0.3) is 0 Å². The summed E-state index contributed by atoms with van der Waals surface area (Å²) in [6, 6.07) is 4.04. The Morgan fingerprint density at radius 1 is 1.67 bits per heavy atom. The third kappa shape index (κ3) is 1.26. The fourth-order valence-corrected chi connectivity index (χ4v) is 1.76. The van der Waals surface area contributed by atoms with Gasteiger partial charge in [0.15, 0.2) is 0 Å². The first-order valence-corrected chi connectivity index (χ1v) is 4.29. The van der Waals surface area contributed by atoms with Crippen molar-refractivity contribution in [3.05, 3.63) is 24.2 Å². The molecule has 2 N–H and O–H groups in total. The summed E-state index contributed by atoms with van der Waals surface area (Å²) < 4.78 is 5.28.